The Morgan fingerprint density at radius 1 is 1.32 bits per heavy atom. The lowest BCUT2D eigenvalue weighted by Crippen LogP contribution is -2.45. The number of carbonyl (C=O) groups is 1. The summed E-state index contributed by atoms with van der Waals surface area (Å²) < 4.78 is 49.2. The first-order valence-corrected chi connectivity index (χ1v) is 7.38. The Labute approximate surface area is 126 Å². The molecule has 0 spiro atoms. The number of ether oxygens (including phenoxy) is 2. The van der Waals surface area contributed by atoms with E-state index in [1.807, 2.05) is 0 Å². The summed E-state index contributed by atoms with van der Waals surface area (Å²) in [7, 11) is 0. The molecule has 3 rings (SSSR count). The summed E-state index contributed by atoms with van der Waals surface area (Å²) in [6.45, 7) is 0.916. The Morgan fingerprint density at radius 2 is 2.09 bits per heavy atom. The predicted molar refractivity (Wildman–Crippen MR) is 72.3 cm³/mol. The fraction of sp³-hybridized carbons (Fsp3) is 0.562. The summed E-state index contributed by atoms with van der Waals surface area (Å²) >= 11 is 0. The minimum Gasteiger partial charge on any atom is -0.459 e. The van der Waals surface area contributed by atoms with Crippen molar-refractivity contribution in [3.8, 4) is 0 Å². The number of rotatable bonds is 3. The molecule has 2 fully saturated rings. The molecule has 0 bridgehead atoms. The van der Waals surface area contributed by atoms with Gasteiger partial charge in [-0.2, -0.15) is 13.2 Å². The number of halogens is 3. The number of benzene rings is 1. The average molecular weight is 314 g/mol. The average Bonchev–Trinajstić information content (AvgIpc) is 2.89. The van der Waals surface area contributed by atoms with Gasteiger partial charge in [0.15, 0.2) is 0 Å². The van der Waals surface area contributed by atoms with Crippen LogP contribution in [0.1, 0.15) is 36.8 Å². The Morgan fingerprint density at radius 3 is 2.64 bits per heavy atom. The van der Waals surface area contributed by atoms with Gasteiger partial charge in [-0.25, -0.2) is 0 Å². The molecule has 6 heteroatoms. The molecule has 1 aliphatic carbocycles. The van der Waals surface area contributed by atoms with E-state index in [0.29, 0.717) is 38.0 Å². The smallest absolute Gasteiger partial charge is 0.416 e. The van der Waals surface area contributed by atoms with Gasteiger partial charge in [0.1, 0.15) is 6.10 Å². The fourth-order valence-corrected chi connectivity index (χ4v) is 3.00. The third-order valence-electron chi connectivity index (χ3n) is 4.50. The highest BCUT2D eigenvalue weighted by Crippen LogP contribution is 2.46. The van der Waals surface area contributed by atoms with Crippen molar-refractivity contribution >= 4 is 5.97 Å². The van der Waals surface area contributed by atoms with Crippen LogP contribution in [0.15, 0.2) is 24.3 Å². The molecule has 2 aliphatic rings. The zero-order valence-corrected chi connectivity index (χ0v) is 12.0. The van der Waals surface area contributed by atoms with E-state index in [0.717, 1.165) is 18.6 Å². The van der Waals surface area contributed by atoms with Gasteiger partial charge in [0, 0.05) is 6.42 Å². The molecule has 120 valence electrons. The van der Waals surface area contributed by atoms with Crippen molar-refractivity contribution in [3.63, 3.8) is 0 Å². The summed E-state index contributed by atoms with van der Waals surface area (Å²) in [4.78, 5) is 12.5. The van der Waals surface area contributed by atoms with E-state index in [4.69, 9.17) is 9.47 Å². The number of esters is 1. The van der Waals surface area contributed by atoms with Crippen molar-refractivity contribution in [1.29, 1.82) is 0 Å². The number of carbonyl (C=O) groups excluding carboxylic acids is 1. The van der Waals surface area contributed by atoms with Crippen LogP contribution in [0.3, 0.4) is 0 Å². The lowest BCUT2D eigenvalue weighted by Gasteiger charge is -2.40. The Bertz CT molecular complexity index is 558. The second-order valence-electron chi connectivity index (χ2n) is 5.91. The maximum Gasteiger partial charge on any atom is 0.416 e. The van der Waals surface area contributed by atoms with Crippen LogP contribution >= 0.6 is 0 Å². The van der Waals surface area contributed by atoms with Crippen LogP contribution in [0.25, 0.3) is 0 Å². The second kappa shape index (κ2) is 5.57. The maximum absolute atomic E-state index is 12.9. The van der Waals surface area contributed by atoms with Crippen LogP contribution < -0.4 is 0 Å². The van der Waals surface area contributed by atoms with Gasteiger partial charge < -0.3 is 9.47 Å². The fourth-order valence-electron chi connectivity index (χ4n) is 3.00. The summed E-state index contributed by atoms with van der Waals surface area (Å²) in [5.41, 5.74) is -1.25. The SMILES string of the molecule is O=C(O[C@H]1CCOC1)C1(c2cccc(C(F)(F)F)c2)CCC1. The van der Waals surface area contributed by atoms with Crippen LogP contribution in [0.5, 0.6) is 0 Å². The molecule has 1 heterocycles. The first kappa shape index (κ1) is 15.3. The molecule has 1 atom stereocenters. The van der Waals surface area contributed by atoms with E-state index in [9.17, 15) is 18.0 Å². The quantitative estimate of drug-likeness (QED) is 0.802. The van der Waals surface area contributed by atoms with E-state index >= 15 is 0 Å². The highest BCUT2D eigenvalue weighted by Gasteiger charge is 2.48. The number of hydrogen-bond donors (Lipinski definition) is 0. The molecule has 1 aromatic carbocycles. The molecule has 3 nitrogen and oxygen atoms in total. The first-order valence-electron chi connectivity index (χ1n) is 7.38. The van der Waals surface area contributed by atoms with Crippen molar-refractivity contribution in [2.75, 3.05) is 13.2 Å². The Hall–Kier alpha value is -1.56. The van der Waals surface area contributed by atoms with E-state index in [1.165, 1.54) is 6.07 Å². The molecule has 1 saturated heterocycles. The van der Waals surface area contributed by atoms with Crippen LogP contribution in [0.4, 0.5) is 13.2 Å². The zero-order chi connectivity index (χ0) is 15.8. The third-order valence-corrected chi connectivity index (χ3v) is 4.50. The topological polar surface area (TPSA) is 35.5 Å². The molecule has 0 N–H and O–H groups in total. The number of alkyl halides is 3. The van der Waals surface area contributed by atoms with Crippen molar-refractivity contribution in [3.05, 3.63) is 35.4 Å². The highest BCUT2D eigenvalue weighted by atomic mass is 19.4. The predicted octanol–water partition coefficient (Wildman–Crippen LogP) is 3.46. The summed E-state index contributed by atoms with van der Waals surface area (Å²) in [6, 6.07) is 5.03. The normalized spacial score (nSPS) is 23.9. The van der Waals surface area contributed by atoms with Crippen LogP contribution in [0, 0.1) is 0 Å². The highest BCUT2D eigenvalue weighted by molar-refractivity contribution is 5.84. The minimum atomic E-state index is -4.41. The van der Waals surface area contributed by atoms with Gasteiger partial charge in [-0.05, 0) is 24.5 Å². The van der Waals surface area contributed by atoms with Crippen LogP contribution in [0.2, 0.25) is 0 Å². The van der Waals surface area contributed by atoms with Gasteiger partial charge in [-0.1, -0.05) is 24.6 Å². The third kappa shape index (κ3) is 2.72. The molecular formula is C16H17F3O3. The van der Waals surface area contributed by atoms with E-state index < -0.39 is 23.1 Å². The Balaban J connectivity index is 1.84. The van der Waals surface area contributed by atoms with Gasteiger partial charge in [-0.15, -0.1) is 0 Å². The van der Waals surface area contributed by atoms with Gasteiger partial charge in [0.05, 0.1) is 24.2 Å². The Kier molecular flexibility index (Phi) is 3.89. The molecule has 0 aromatic heterocycles. The summed E-state index contributed by atoms with van der Waals surface area (Å²) in [5, 5.41) is 0. The van der Waals surface area contributed by atoms with Gasteiger partial charge in [0.25, 0.3) is 0 Å². The van der Waals surface area contributed by atoms with Crippen molar-refractivity contribution in [1.82, 2.24) is 0 Å². The van der Waals surface area contributed by atoms with Gasteiger partial charge in [0.2, 0.25) is 0 Å². The number of hydrogen-bond acceptors (Lipinski definition) is 3. The van der Waals surface area contributed by atoms with E-state index in [1.54, 1.807) is 6.07 Å². The molecule has 1 aromatic rings. The second-order valence-corrected chi connectivity index (χ2v) is 5.91. The molecule has 22 heavy (non-hydrogen) atoms. The molecular weight excluding hydrogens is 297 g/mol. The van der Waals surface area contributed by atoms with Gasteiger partial charge >= 0.3 is 12.1 Å². The first-order chi connectivity index (χ1) is 10.4. The van der Waals surface area contributed by atoms with E-state index in [2.05, 4.69) is 0 Å². The minimum absolute atomic E-state index is 0.282. The maximum atomic E-state index is 12.9. The summed E-state index contributed by atoms with van der Waals surface area (Å²) in [5.74, 6) is -0.423. The molecule has 0 amide bonds. The van der Waals surface area contributed by atoms with E-state index in [-0.39, 0.29) is 6.10 Å². The van der Waals surface area contributed by atoms with Gasteiger partial charge in [-0.3, -0.25) is 4.79 Å². The lowest BCUT2D eigenvalue weighted by atomic mass is 9.64. The van der Waals surface area contributed by atoms with Crippen molar-refractivity contribution in [2.24, 2.45) is 0 Å². The summed E-state index contributed by atoms with van der Waals surface area (Å²) in [6.07, 6.45) is -2.18. The van der Waals surface area contributed by atoms with Crippen molar-refractivity contribution in [2.45, 2.75) is 43.4 Å². The zero-order valence-electron chi connectivity index (χ0n) is 12.0. The molecule has 0 unspecified atom stereocenters. The lowest BCUT2D eigenvalue weighted by molar-refractivity contribution is -0.160. The van der Waals surface area contributed by atoms with Crippen LogP contribution in [-0.4, -0.2) is 25.3 Å². The van der Waals surface area contributed by atoms with Crippen LogP contribution in [-0.2, 0) is 25.9 Å². The van der Waals surface area contributed by atoms with Crippen molar-refractivity contribution < 1.29 is 27.4 Å². The molecule has 1 saturated carbocycles. The standard InChI is InChI=1S/C16H17F3O3/c17-16(18,19)12-4-1-3-11(9-12)15(6-2-7-15)14(20)22-13-5-8-21-10-13/h1,3-4,9,13H,2,5-8,10H2/t13-/m0/s1. The largest absolute Gasteiger partial charge is 0.459 e. The molecule has 0 radical (unpaired) electrons. The molecule has 1 aliphatic heterocycles. The monoisotopic (exact) mass is 314 g/mol.